The van der Waals surface area contributed by atoms with Crippen molar-refractivity contribution in [2.75, 3.05) is 13.2 Å². The minimum Gasteiger partial charge on any atom is -0.463 e. The van der Waals surface area contributed by atoms with Crippen molar-refractivity contribution < 1.29 is 24.2 Å². The summed E-state index contributed by atoms with van der Waals surface area (Å²) < 4.78 is 5.48. The van der Waals surface area contributed by atoms with E-state index in [2.05, 4.69) is 5.32 Å². The van der Waals surface area contributed by atoms with Crippen LogP contribution in [0.25, 0.3) is 0 Å². The molecule has 37 heavy (non-hydrogen) atoms. The number of allylic oxidation sites excluding steroid dienone is 2. The molecular formula is C30H36N2O5. The molecule has 2 amide bonds. The molecule has 2 aliphatic heterocycles. The first kappa shape index (κ1) is 26.6. The molecule has 7 nitrogen and oxygen atoms in total. The number of aliphatic hydroxyl groups is 1. The molecule has 2 aliphatic rings. The van der Waals surface area contributed by atoms with Gasteiger partial charge >= 0.3 is 5.97 Å². The van der Waals surface area contributed by atoms with Gasteiger partial charge in [-0.1, -0.05) is 66.7 Å². The first-order chi connectivity index (χ1) is 18.0. The van der Waals surface area contributed by atoms with E-state index in [9.17, 15) is 19.5 Å². The highest BCUT2D eigenvalue weighted by molar-refractivity contribution is 5.86. The van der Waals surface area contributed by atoms with E-state index in [0.29, 0.717) is 45.1 Å². The number of esters is 1. The standard InChI is InChI=1S/C30H36N2O5/c33-20-27-17-23-12-8-9-14-25(23)19-32(27)28(34)18-24-13-6-1-2-7-15-29(35)37-21-26(31-30(24)36)16-22-10-4-3-5-11-22/h1,3-6,8-12,14,24,26-27,33H,2,7,13,15-21H2,(H,31,36)/t24-,26-,27+/m1/s1. The van der Waals surface area contributed by atoms with Crippen molar-refractivity contribution in [2.24, 2.45) is 5.92 Å². The van der Waals surface area contributed by atoms with Gasteiger partial charge in [0.25, 0.3) is 0 Å². The van der Waals surface area contributed by atoms with Crippen LogP contribution in [0.15, 0.2) is 66.7 Å². The van der Waals surface area contributed by atoms with Crippen molar-refractivity contribution in [2.45, 2.75) is 63.6 Å². The number of cyclic esters (lactones) is 1. The summed E-state index contributed by atoms with van der Waals surface area (Å²) in [6.07, 6.45) is 7.20. The lowest BCUT2D eigenvalue weighted by molar-refractivity contribution is -0.145. The molecule has 0 aromatic heterocycles. The van der Waals surface area contributed by atoms with Crippen molar-refractivity contribution in [3.05, 3.63) is 83.4 Å². The molecule has 0 radical (unpaired) electrons. The van der Waals surface area contributed by atoms with Gasteiger partial charge in [-0.15, -0.1) is 0 Å². The van der Waals surface area contributed by atoms with E-state index >= 15 is 0 Å². The quantitative estimate of drug-likeness (QED) is 0.481. The highest BCUT2D eigenvalue weighted by atomic mass is 16.5. The van der Waals surface area contributed by atoms with Crippen molar-refractivity contribution in [3.63, 3.8) is 0 Å². The van der Waals surface area contributed by atoms with Crippen molar-refractivity contribution in [3.8, 4) is 0 Å². The lowest BCUT2D eigenvalue weighted by atomic mass is 9.92. The zero-order chi connectivity index (χ0) is 26.0. The predicted octanol–water partition coefficient (Wildman–Crippen LogP) is 3.34. The molecule has 196 valence electrons. The molecule has 2 heterocycles. The summed E-state index contributed by atoms with van der Waals surface area (Å²) in [7, 11) is 0. The Hall–Kier alpha value is -3.45. The van der Waals surface area contributed by atoms with Gasteiger partial charge in [-0.3, -0.25) is 14.4 Å². The van der Waals surface area contributed by atoms with E-state index in [1.807, 2.05) is 66.7 Å². The molecule has 2 aromatic carbocycles. The third kappa shape index (κ3) is 7.52. The average molecular weight is 505 g/mol. The molecule has 0 saturated carbocycles. The largest absolute Gasteiger partial charge is 0.463 e. The van der Waals surface area contributed by atoms with Crippen LogP contribution in [0.3, 0.4) is 0 Å². The Morgan fingerprint density at radius 1 is 1.03 bits per heavy atom. The second-order valence-electron chi connectivity index (χ2n) is 9.91. The Bertz CT molecular complexity index is 1100. The van der Waals surface area contributed by atoms with Gasteiger partial charge in [-0.05, 0) is 48.8 Å². The molecule has 3 atom stereocenters. The Labute approximate surface area is 218 Å². The highest BCUT2D eigenvalue weighted by Gasteiger charge is 2.32. The second kappa shape index (κ2) is 13.2. The van der Waals surface area contributed by atoms with Crippen LogP contribution in [0.5, 0.6) is 0 Å². The maximum absolute atomic E-state index is 13.5. The second-order valence-corrected chi connectivity index (χ2v) is 9.91. The van der Waals surface area contributed by atoms with E-state index in [0.717, 1.165) is 16.7 Å². The first-order valence-electron chi connectivity index (χ1n) is 13.2. The molecule has 0 spiro atoms. The number of rotatable bonds is 5. The summed E-state index contributed by atoms with van der Waals surface area (Å²) in [5.74, 6) is -1.20. The number of hydrogen-bond donors (Lipinski definition) is 2. The Morgan fingerprint density at radius 2 is 1.78 bits per heavy atom. The number of carbonyl (C=O) groups is 3. The summed E-state index contributed by atoms with van der Waals surface area (Å²) >= 11 is 0. The van der Waals surface area contributed by atoms with Gasteiger partial charge in [0.15, 0.2) is 0 Å². The van der Waals surface area contributed by atoms with Crippen molar-refractivity contribution in [1.82, 2.24) is 10.2 Å². The Morgan fingerprint density at radius 3 is 2.57 bits per heavy atom. The van der Waals surface area contributed by atoms with Crippen LogP contribution in [0.1, 0.15) is 48.8 Å². The first-order valence-corrected chi connectivity index (χ1v) is 13.2. The van der Waals surface area contributed by atoms with Gasteiger partial charge in [-0.2, -0.15) is 0 Å². The average Bonchev–Trinajstić information content (AvgIpc) is 2.93. The van der Waals surface area contributed by atoms with Crippen LogP contribution in [0.2, 0.25) is 0 Å². The van der Waals surface area contributed by atoms with Crippen molar-refractivity contribution >= 4 is 17.8 Å². The van der Waals surface area contributed by atoms with Crippen LogP contribution in [0, 0.1) is 5.92 Å². The smallest absolute Gasteiger partial charge is 0.305 e. The molecular weight excluding hydrogens is 468 g/mol. The van der Waals surface area contributed by atoms with Gasteiger partial charge in [0.05, 0.1) is 24.6 Å². The normalized spacial score (nSPS) is 23.1. The van der Waals surface area contributed by atoms with Gasteiger partial charge in [0.1, 0.15) is 6.61 Å². The Balaban J connectivity index is 1.49. The molecule has 0 saturated heterocycles. The van der Waals surface area contributed by atoms with Gasteiger partial charge in [-0.25, -0.2) is 0 Å². The third-order valence-electron chi connectivity index (χ3n) is 7.13. The fourth-order valence-electron chi connectivity index (χ4n) is 5.03. The number of benzene rings is 2. The third-order valence-corrected chi connectivity index (χ3v) is 7.13. The fourth-order valence-corrected chi connectivity index (χ4v) is 5.03. The lowest BCUT2D eigenvalue weighted by Crippen LogP contribution is -2.48. The van der Waals surface area contributed by atoms with E-state index < -0.39 is 12.0 Å². The van der Waals surface area contributed by atoms with Crippen LogP contribution in [-0.4, -0.2) is 53.1 Å². The highest BCUT2D eigenvalue weighted by Crippen LogP contribution is 2.25. The summed E-state index contributed by atoms with van der Waals surface area (Å²) in [6, 6.07) is 17.0. The number of aliphatic hydroxyl groups excluding tert-OH is 1. The van der Waals surface area contributed by atoms with Crippen LogP contribution < -0.4 is 5.32 Å². The fraction of sp³-hybridized carbons (Fsp3) is 0.433. The number of carbonyl (C=O) groups excluding carboxylic acids is 3. The van der Waals surface area contributed by atoms with Crippen molar-refractivity contribution in [1.29, 1.82) is 0 Å². The van der Waals surface area contributed by atoms with E-state index in [-0.39, 0.29) is 43.5 Å². The number of hydrogen-bond acceptors (Lipinski definition) is 5. The van der Waals surface area contributed by atoms with Gasteiger partial charge < -0.3 is 20.1 Å². The zero-order valence-electron chi connectivity index (χ0n) is 21.2. The predicted molar refractivity (Wildman–Crippen MR) is 140 cm³/mol. The molecule has 0 unspecified atom stereocenters. The number of amides is 2. The molecule has 0 bridgehead atoms. The topological polar surface area (TPSA) is 95.9 Å². The zero-order valence-corrected chi connectivity index (χ0v) is 21.2. The summed E-state index contributed by atoms with van der Waals surface area (Å²) in [5, 5.41) is 13.1. The Kier molecular flexibility index (Phi) is 9.49. The van der Waals surface area contributed by atoms with E-state index in [4.69, 9.17) is 4.74 Å². The van der Waals surface area contributed by atoms with Crippen LogP contribution >= 0.6 is 0 Å². The van der Waals surface area contributed by atoms with Crippen LogP contribution in [-0.2, 0) is 38.5 Å². The summed E-state index contributed by atoms with van der Waals surface area (Å²) in [5.41, 5.74) is 3.25. The lowest BCUT2D eigenvalue weighted by Gasteiger charge is -2.36. The minimum atomic E-state index is -0.560. The SMILES string of the molecule is O=C1CCCC=CC[C@H](CC(=O)N2Cc3ccccc3C[C@H]2CO)C(=O)N[C@H](Cc2ccccc2)CO1. The maximum Gasteiger partial charge on any atom is 0.305 e. The molecule has 2 aromatic rings. The maximum atomic E-state index is 13.5. The number of nitrogens with one attached hydrogen (secondary N) is 1. The monoisotopic (exact) mass is 504 g/mol. The minimum absolute atomic E-state index is 0.0483. The number of nitrogens with zero attached hydrogens (tertiary/aromatic N) is 1. The van der Waals surface area contributed by atoms with Crippen LogP contribution in [0.4, 0.5) is 0 Å². The molecule has 4 rings (SSSR count). The van der Waals surface area contributed by atoms with Gasteiger partial charge in [0.2, 0.25) is 11.8 Å². The number of fused-ring (bicyclic) bond motifs is 1. The molecule has 7 heteroatoms. The molecule has 2 N–H and O–H groups in total. The number of ether oxygens (including phenoxy) is 1. The van der Waals surface area contributed by atoms with E-state index in [1.54, 1.807) is 4.90 Å². The summed E-state index contributed by atoms with van der Waals surface area (Å²) in [6.45, 7) is 0.390. The molecule has 0 fully saturated rings. The molecule has 0 aliphatic carbocycles. The van der Waals surface area contributed by atoms with E-state index in [1.165, 1.54) is 0 Å². The summed E-state index contributed by atoms with van der Waals surface area (Å²) in [4.78, 5) is 40.8. The van der Waals surface area contributed by atoms with Gasteiger partial charge in [0, 0.05) is 19.4 Å².